The lowest BCUT2D eigenvalue weighted by atomic mass is 10.4. The van der Waals surface area contributed by atoms with E-state index in [-0.39, 0.29) is 0 Å². The van der Waals surface area contributed by atoms with Gasteiger partial charge in [-0.25, -0.2) is 4.98 Å². The maximum atomic E-state index is 8.37. The highest BCUT2D eigenvalue weighted by Gasteiger charge is 2.05. The molecule has 1 aromatic rings. The van der Waals surface area contributed by atoms with E-state index in [1.165, 1.54) is 17.9 Å². The van der Waals surface area contributed by atoms with E-state index in [1.54, 1.807) is 11.8 Å². The van der Waals surface area contributed by atoms with Crippen molar-refractivity contribution in [3.8, 4) is 6.07 Å². The third-order valence-electron chi connectivity index (χ3n) is 1.02. The molecule has 58 valence electrons. The molecular formula is C6H7N3S2. The highest BCUT2D eigenvalue weighted by molar-refractivity contribution is 8.01. The van der Waals surface area contributed by atoms with Crippen LogP contribution >= 0.6 is 23.3 Å². The zero-order valence-electron chi connectivity index (χ0n) is 6.02. The van der Waals surface area contributed by atoms with E-state index in [4.69, 9.17) is 5.26 Å². The lowest BCUT2D eigenvalue weighted by molar-refractivity contribution is 0.987. The predicted molar refractivity (Wildman–Crippen MR) is 45.5 cm³/mol. The molecule has 1 aromatic heterocycles. The van der Waals surface area contributed by atoms with Crippen LogP contribution in [0.4, 0.5) is 0 Å². The molecular weight excluding hydrogens is 178 g/mol. The molecule has 0 aliphatic rings. The van der Waals surface area contributed by atoms with E-state index >= 15 is 0 Å². The summed E-state index contributed by atoms with van der Waals surface area (Å²) in [5.74, 6) is 0. The standard InChI is InChI=1S/C6H7N3S2/c1-5(2-3-7)10-6-8-4-9-11-6/h4-5H,2H2,1H3. The maximum Gasteiger partial charge on any atom is 0.170 e. The molecule has 3 nitrogen and oxygen atoms in total. The summed E-state index contributed by atoms with van der Waals surface area (Å²) in [4.78, 5) is 4.00. The molecule has 0 saturated carbocycles. The van der Waals surface area contributed by atoms with Gasteiger partial charge in [-0.1, -0.05) is 18.7 Å². The van der Waals surface area contributed by atoms with Gasteiger partial charge in [-0.2, -0.15) is 9.64 Å². The second kappa shape index (κ2) is 4.31. The summed E-state index contributed by atoms with van der Waals surface area (Å²) in [6, 6.07) is 2.12. The third-order valence-corrected chi connectivity index (χ3v) is 2.87. The summed E-state index contributed by atoms with van der Waals surface area (Å²) >= 11 is 2.97. The van der Waals surface area contributed by atoms with E-state index in [0.717, 1.165) is 4.34 Å². The first-order chi connectivity index (χ1) is 5.33. The van der Waals surface area contributed by atoms with E-state index in [1.807, 2.05) is 6.92 Å². The van der Waals surface area contributed by atoms with E-state index in [9.17, 15) is 0 Å². The molecule has 1 rings (SSSR count). The molecule has 0 aliphatic carbocycles. The normalized spacial score (nSPS) is 12.4. The van der Waals surface area contributed by atoms with Gasteiger partial charge in [-0.15, -0.1) is 0 Å². The minimum Gasteiger partial charge on any atom is -0.216 e. The number of rotatable bonds is 3. The molecule has 11 heavy (non-hydrogen) atoms. The molecule has 0 radical (unpaired) electrons. The number of aromatic nitrogens is 2. The Morgan fingerprint density at radius 1 is 1.91 bits per heavy atom. The van der Waals surface area contributed by atoms with Crippen molar-refractivity contribution in [2.45, 2.75) is 22.9 Å². The fourth-order valence-corrected chi connectivity index (χ4v) is 2.24. The number of nitriles is 1. The molecule has 0 saturated heterocycles. The highest BCUT2D eigenvalue weighted by Crippen LogP contribution is 2.24. The summed E-state index contributed by atoms with van der Waals surface area (Å²) in [5.41, 5.74) is 0. The van der Waals surface area contributed by atoms with Gasteiger partial charge < -0.3 is 0 Å². The monoisotopic (exact) mass is 185 g/mol. The average molecular weight is 185 g/mol. The van der Waals surface area contributed by atoms with Crippen LogP contribution in [0.5, 0.6) is 0 Å². The second-order valence-corrected chi connectivity index (χ2v) is 4.46. The number of thioether (sulfide) groups is 1. The molecule has 0 N–H and O–H groups in total. The van der Waals surface area contributed by atoms with Crippen LogP contribution in [0.1, 0.15) is 13.3 Å². The topological polar surface area (TPSA) is 49.6 Å². The smallest absolute Gasteiger partial charge is 0.170 e. The summed E-state index contributed by atoms with van der Waals surface area (Å²) in [6.45, 7) is 2.01. The van der Waals surface area contributed by atoms with Crippen molar-refractivity contribution in [1.29, 1.82) is 5.26 Å². The predicted octanol–water partition coefficient (Wildman–Crippen LogP) is 1.93. The minimum absolute atomic E-state index is 0.313. The number of nitrogens with zero attached hydrogens (tertiary/aromatic N) is 3. The van der Waals surface area contributed by atoms with Crippen LogP contribution in [0, 0.1) is 11.3 Å². The van der Waals surface area contributed by atoms with Crippen LogP contribution < -0.4 is 0 Å². The van der Waals surface area contributed by atoms with Gasteiger partial charge in [-0.3, -0.25) is 0 Å². The van der Waals surface area contributed by atoms with Gasteiger partial charge in [0.1, 0.15) is 6.33 Å². The van der Waals surface area contributed by atoms with Crippen LogP contribution in [0.2, 0.25) is 0 Å². The number of hydrogen-bond acceptors (Lipinski definition) is 5. The molecule has 1 heterocycles. The van der Waals surface area contributed by atoms with E-state index < -0.39 is 0 Å². The Kier molecular flexibility index (Phi) is 3.33. The lowest BCUT2D eigenvalue weighted by Gasteiger charge is -2.00. The summed E-state index contributed by atoms with van der Waals surface area (Å²) < 4.78 is 4.80. The molecule has 1 atom stereocenters. The number of hydrogen-bond donors (Lipinski definition) is 0. The van der Waals surface area contributed by atoms with E-state index in [0.29, 0.717) is 11.7 Å². The first-order valence-electron chi connectivity index (χ1n) is 3.13. The highest BCUT2D eigenvalue weighted by atomic mass is 32.2. The lowest BCUT2D eigenvalue weighted by Crippen LogP contribution is -1.92. The van der Waals surface area contributed by atoms with Gasteiger partial charge in [-0.05, 0) is 11.5 Å². The van der Waals surface area contributed by atoms with Crippen LogP contribution in [0.15, 0.2) is 10.7 Å². The SMILES string of the molecule is CC(CC#N)Sc1ncns1. The molecule has 0 fully saturated rings. The van der Waals surface area contributed by atoms with Crippen LogP contribution in [-0.4, -0.2) is 14.6 Å². The molecule has 0 aromatic carbocycles. The Morgan fingerprint density at radius 2 is 2.73 bits per heavy atom. The van der Waals surface area contributed by atoms with Crippen LogP contribution in [0.3, 0.4) is 0 Å². The fraction of sp³-hybridized carbons (Fsp3) is 0.500. The van der Waals surface area contributed by atoms with Crippen molar-refractivity contribution in [2.75, 3.05) is 0 Å². The van der Waals surface area contributed by atoms with Gasteiger partial charge in [0.25, 0.3) is 0 Å². The Labute approximate surface area is 73.6 Å². The first-order valence-corrected chi connectivity index (χ1v) is 4.78. The van der Waals surface area contributed by atoms with Crippen molar-refractivity contribution in [1.82, 2.24) is 9.36 Å². The Bertz CT molecular complexity index is 239. The quantitative estimate of drug-likeness (QED) is 0.675. The largest absolute Gasteiger partial charge is 0.216 e. The molecule has 5 heteroatoms. The zero-order chi connectivity index (χ0) is 8.10. The summed E-state index contributed by atoms with van der Waals surface area (Å²) in [5, 5.41) is 8.68. The summed E-state index contributed by atoms with van der Waals surface area (Å²) in [6.07, 6.45) is 2.09. The summed E-state index contributed by atoms with van der Waals surface area (Å²) in [7, 11) is 0. The van der Waals surface area contributed by atoms with Gasteiger partial charge in [0.15, 0.2) is 4.34 Å². The fourth-order valence-electron chi connectivity index (χ4n) is 0.557. The molecule has 1 unspecified atom stereocenters. The Balaban J connectivity index is 2.38. The van der Waals surface area contributed by atoms with Crippen molar-refractivity contribution in [2.24, 2.45) is 0 Å². The van der Waals surface area contributed by atoms with Crippen molar-refractivity contribution in [3.05, 3.63) is 6.33 Å². The van der Waals surface area contributed by atoms with Crippen LogP contribution in [0.25, 0.3) is 0 Å². The van der Waals surface area contributed by atoms with Gasteiger partial charge in [0.2, 0.25) is 0 Å². The third kappa shape index (κ3) is 2.87. The average Bonchev–Trinajstić information content (AvgIpc) is 2.40. The van der Waals surface area contributed by atoms with E-state index in [2.05, 4.69) is 15.4 Å². The molecule has 0 bridgehead atoms. The van der Waals surface area contributed by atoms with Crippen LogP contribution in [-0.2, 0) is 0 Å². The van der Waals surface area contributed by atoms with Crippen molar-refractivity contribution < 1.29 is 0 Å². The van der Waals surface area contributed by atoms with Crippen molar-refractivity contribution in [3.63, 3.8) is 0 Å². The van der Waals surface area contributed by atoms with Gasteiger partial charge in [0, 0.05) is 11.7 Å². The first kappa shape index (κ1) is 8.50. The second-order valence-electron chi connectivity index (χ2n) is 2.00. The zero-order valence-corrected chi connectivity index (χ0v) is 7.65. The molecule has 0 spiro atoms. The molecule has 0 aliphatic heterocycles. The van der Waals surface area contributed by atoms with Crippen molar-refractivity contribution >= 4 is 23.3 Å². The Morgan fingerprint density at radius 3 is 3.27 bits per heavy atom. The minimum atomic E-state index is 0.313. The maximum absolute atomic E-state index is 8.37. The van der Waals surface area contributed by atoms with Gasteiger partial charge in [0.05, 0.1) is 6.07 Å². The Hall–Kier alpha value is -0.600. The molecule has 0 amide bonds. The van der Waals surface area contributed by atoms with Gasteiger partial charge >= 0.3 is 0 Å².